The number of thiophene rings is 1. The number of carbonyl (C=O) groups excluding carboxylic acids is 1. The fourth-order valence-electron chi connectivity index (χ4n) is 3.75. The molecule has 0 fully saturated rings. The number of esters is 1. The molecule has 2 N–H and O–H groups in total. The van der Waals surface area contributed by atoms with Crippen LogP contribution in [0, 0.1) is 0 Å². The van der Waals surface area contributed by atoms with Crippen molar-refractivity contribution >= 4 is 55.2 Å². The van der Waals surface area contributed by atoms with Gasteiger partial charge in [0.05, 0.1) is 22.5 Å². The second kappa shape index (κ2) is 8.88. The van der Waals surface area contributed by atoms with Crippen LogP contribution in [0.15, 0.2) is 81.9 Å². The number of ether oxygens (including phenoxy) is 1. The summed E-state index contributed by atoms with van der Waals surface area (Å²) in [5, 5.41) is 1.81. The van der Waals surface area contributed by atoms with Crippen molar-refractivity contribution in [2.45, 2.75) is 22.8 Å². The molecule has 0 saturated carbocycles. The summed E-state index contributed by atoms with van der Waals surface area (Å²) in [7, 11) is -3.95. The number of aromatic nitrogens is 3. The molecule has 0 atom stereocenters. The minimum absolute atomic E-state index is 0.0544. The predicted octanol–water partition coefficient (Wildman–Crippen LogP) is 4.31. The lowest BCUT2D eigenvalue weighted by atomic mass is 10.3. The Bertz CT molecular complexity index is 1590. The van der Waals surface area contributed by atoms with E-state index in [1.807, 2.05) is 18.2 Å². The van der Waals surface area contributed by atoms with Crippen LogP contribution >= 0.6 is 11.3 Å². The highest BCUT2D eigenvalue weighted by molar-refractivity contribution is 7.92. The van der Waals surface area contributed by atoms with E-state index in [-0.39, 0.29) is 27.7 Å². The number of nitrogen functional groups attached to an aromatic ring is 1. The van der Waals surface area contributed by atoms with E-state index in [9.17, 15) is 13.2 Å². The third-order valence-electron chi connectivity index (χ3n) is 5.35. The molecule has 0 amide bonds. The Hall–Kier alpha value is -3.76. The summed E-state index contributed by atoms with van der Waals surface area (Å²) in [4.78, 5) is 22.0. The van der Waals surface area contributed by atoms with E-state index < -0.39 is 15.8 Å². The summed E-state index contributed by atoms with van der Waals surface area (Å²) in [5.41, 5.74) is 8.21. The Morgan fingerprint density at radius 1 is 0.971 bits per heavy atom. The topological polar surface area (TPSA) is 117 Å². The van der Waals surface area contributed by atoms with Crippen molar-refractivity contribution < 1.29 is 17.9 Å². The average molecular weight is 493 g/mol. The van der Waals surface area contributed by atoms with Gasteiger partial charge in [-0.1, -0.05) is 36.4 Å². The molecule has 0 unspecified atom stereocenters. The first-order valence-corrected chi connectivity index (χ1v) is 12.9. The van der Waals surface area contributed by atoms with Gasteiger partial charge in [-0.2, -0.15) is 0 Å². The SMILES string of the molecule is Nc1c(S(=O)(=O)c2ccccc2)c2nc3ccccc3nc2n1CCCOC(=O)c1cccs1. The highest BCUT2D eigenvalue weighted by Crippen LogP contribution is 2.35. The van der Waals surface area contributed by atoms with E-state index in [4.69, 9.17) is 10.5 Å². The number of nitrogens with zero attached hydrogens (tertiary/aromatic N) is 3. The molecule has 0 spiro atoms. The standard InChI is InChI=1S/C24H20N4O4S2/c25-22-21(34(30,31)16-8-2-1-3-9-16)20-23(27-18-11-5-4-10-17(18)26-20)28(22)13-7-14-32-24(29)19-12-6-15-33-19/h1-6,8-12,15H,7,13-14,25H2. The van der Waals surface area contributed by atoms with E-state index >= 15 is 0 Å². The van der Waals surface area contributed by atoms with E-state index in [1.54, 1.807) is 46.3 Å². The summed E-state index contributed by atoms with van der Waals surface area (Å²) < 4.78 is 34.0. The van der Waals surface area contributed by atoms with Crippen LogP contribution in [0.1, 0.15) is 16.1 Å². The van der Waals surface area contributed by atoms with Gasteiger partial charge in [0.15, 0.2) is 5.65 Å². The monoisotopic (exact) mass is 492 g/mol. The minimum Gasteiger partial charge on any atom is -0.461 e. The van der Waals surface area contributed by atoms with Gasteiger partial charge in [-0.3, -0.25) is 0 Å². The zero-order chi connectivity index (χ0) is 23.7. The summed E-state index contributed by atoms with van der Waals surface area (Å²) in [6.45, 7) is 0.453. The molecule has 3 heterocycles. The van der Waals surface area contributed by atoms with E-state index in [0.29, 0.717) is 34.5 Å². The molecule has 8 nitrogen and oxygen atoms in total. The summed E-state index contributed by atoms with van der Waals surface area (Å²) in [6, 6.07) is 18.8. The smallest absolute Gasteiger partial charge is 0.348 e. The Morgan fingerprint density at radius 3 is 2.38 bits per heavy atom. The number of sulfone groups is 1. The Kier molecular flexibility index (Phi) is 5.76. The molecule has 2 aromatic carbocycles. The van der Waals surface area contributed by atoms with E-state index in [0.717, 1.165) is 0 Å². The molecule has 0 aliphatic heterocycles. The van der Waals surface area contributed by atoms with Crippen molar-refractivity contribution in [2.24, 2.45) is 0 Å². The number of nitrogens with two attached hydrogens (primary N) is 1. The second-order valence-corrected chi connectivity index (χ2v) is 10.4. The fourth-order valence-corrected chi connectivity index (χ4v) is 5.90. The first-order chi connectivity index (χ1) is 16.5. The van der Waals surface area contributed by atoms with Crippen LogP contribution in [0.25, 0.3) is 22.2 Å². The fraction of sp³-hybridized carbons (Fsp3) is 0.125. The Labute approximate surface area is 199 Å². The summed E-state index contributed by atoms with van der Waals surface area (Å²) in [6.07, 6.45) is 0.421. The van der Waals surface area contributed by atoms with Crippen molar-refractivity contribution in [3.63, 3.8) is 0 Å². The van der Waals surface area contributed by atoms with Crippen LogP contribution in [-0.4, -0.2) is 35.5 Å². The number of benzene rings is 2. The van der Waals surface area contributed by atoms with Gasteiger partial charge in [-0.05, 0) is 42.1 Å². The molecule has 0 aliphatic rings. The average Bonchev–Trinajstić information content (AvgIpc) is 3.48. The molecular formula is C24H20N4O4S2. The van der Waals surface area contributed by atoms with Crippen LogP contribution in [-0.2, 0) is 21.1 Å². The largest absolute Gasteiger partial charge is 0.461 e. The normalized spacial score (nSPS) is 11.8. The third-order valence-corrected chi connectivity index (χ3v) is 8.03. The van der Waals surface area contributed by atoms with Gasteiger partial charge in [-0.15, -0.1) is 11.3 Å². The molecule has 5 rings (SSSR count). The third kappa shape index (κ3) is 3.91. The number of hydrogen-bond donors (Lipinski definition) is 1. The molecule has 5 aromatic rings. The van der Waals surface area contributed by atoms with Crippen LogP contribution < -0.4 is 5.73 Å². The van der Waals surface area contributed by atoms with Gasteiger partial charge >= 0.3 is 5.97 Å². The number of fused-ring (bicyclic) bond motifs is 2. The van der Waals surface area contributed by atoms with Crippen molar-refractivity contribution in [1.82, 2.24) is 14.5 Å². The van der Waals surface area contributed by atoms with E-state index in [1.165, 1.54) is 23.5 Å². The minimum atomic E-state index is -3.95. The number of rotatable bonds is 7. The van der Waals surface area contributed by atoms with Crippen molar-refractivity contribution in [3.05, 3.63) is 77.0 Å². The lowest BCUT2D eigenvalue weighted by molar-refractivity contribution is 0.0502. The zero-order valence-electron chi connectivity index (χ0n) is 17.9. The lowest BCUT2D eigenvalue weighted by Crippen LogP contribution is -2.11. The molecule has 3 aromatic heterocycles. The summed E-state index contributed by atoms with van der Waals surface area (Å²) in [5.74, 6) is -0.336. The quantitative estimate of drug-likeness (QED) is 0.266. The maximum Gasteiger partial charge on any atom is 0.348 e. The van der Waals surface area contributed by atoms with Crippen LogP contribution in [0.5, 0.6) is 0 Å². The van der Waals surface area contributed by atoms with Crippen LogP contribution in [0.3, 0.4) is 0 Å². The number of carbonyl (C=O) groups is 1. The first kappa shape index (κ1) is 22.1. The first-order valence-electron chi connectivity index (χ1n) is 10.5. The Morgan fingerprint density at radius 2 is 1.68 bits per heavy atom. The molecule has 0 aliphatic carbocycles. The molecular weight excluding hydrogens is 472 g/mol. The van der Waals surface area contributed by atoms with Crippen molar-refractivity contribution in [1.29, 1.82) is 0 Å². The van der Waals surface area contributed by atoms with Gasteiger partial charge in [0.25, 0.3) is 0 Å². The number of anilines is 1. The van der Waals surface area contributed by atoms with Gasteiger partial charge in [-0.25, -0.2) is 23.2 Å². The van der Waals surface area contributed by atoms with Crippen LogP contribution in [0.4, 0.5) is 5.82 Å². The van der Waals surface area contributed by atoms with Gasteiger partial charge in [0.1, 0.15) is 21.1 Å². The number of para-hydroxylation sites is 2. The molecule has 10 heteroatoms. The van der Waals surface area contributed by atoms with Gasteiger partial charge < -0.3 is 15.0 Å². The van der Waals surface area contributed by atoms with Gasteiger partial charge in [0, 0.05) is 6.54 Å². The molecule has 0 bridgehead atoms. The number of hydrogen-bond acceptors (Lipinski definition) is 8. The summed E-state index contributed by atoms with van der Waals surface area (Å²) >= 11 is 1.31. The van der Waals surface area contributed by atoms with Crippen LogP contribution in [0.2, 0.25) is 0 Å². The molecule has 34 heavy (non-hydrogen) atoms. The number of aryl methyl sites for hydroxylation is 1. The van der Waals surface area contributed by atoms with Crippen molar-refractivity contribution in [2.75, 3.05) is 12.3 Å². The highest BCUT2D eigenvalue weighted by atomic mass is 32.2. The molecule has 0 saturated heterocycles. The second-order valence-electron chi connectivity index (χ2n) is 7.53. The predicted molar refractivity (Wildman–Crippen MR) is 131 cm³/mol. The maximum atomic E-state index is 13.5. The Balaban J connectivity index is 1.54. The van der Waals surface area contributed by atoms with Gasteiger partial charge in [0.2, 0.25) is 9.84 Å². The lowest BCUT2D eigenvalue weighted by Gasteiger charge is -2.09. The molecule has 172 valence electrons. The van der Waals surface area contributed by atoms with E-state index in [2.05, 4.69) is 9.97 Å². The molecule has 0 radical (unpaired) electrons. The maximum absolute atomic E-state index is 13.5. The van der Waals surface area contributed by atoms with Crippen molar-refractivity contribution in [3.8, 4) is 0 Å². The highest BCUT2D eigenvalue weighted by Gasteiger charge is 2.30. The zero-order valence-corrected chi connectivity index (χ0v) is 19.6.